The monoisotopic (exact) mass is 223 g/mol. The van der Waals surface area contributed by atoms with Gasteiger partial charge in [-0.25, -0.2) is 9.97 Å². The number of rotatable bonds is 1. The second-order valence-corrected chi connectivity index (χ2v) is 4.83. The van der Waals surface area contributed by atoms with Gasteiger partial charge in [-0.3, -0.25) is 0 Å². The summed E-state index contributed by atoms with van der Waals surface area (Å²) >= 11 is 5.89. The van der Waals surface area contributed by atoms with E-state index in [9.17, 15) is 0 Å². The van der Waals surface area contributed by atoms with Crippen LogP contribution in [-0.4, -0.2) is 22.6 Å². The fraction of sp³-hybridized carbons (Fsp3) is 0.636. The minimum atomic E-state index is 0.543. The maximum atomic E-state index is 5.89. The summed E-state index contributed by atoms with van der Waals surface area (Å²) in [5.41, 5.74) is 0. The van der Waals surface area contributed by atoms with Crippen molar-refractivity contribution < 1.29 is 0 Å². The van der Waals surface area contributed by atoms with E-state index in [0.717, 1.165) is 18.3 Å². The van der Waals surface area contributed by atoms with Crippen LogP contribution in [0.3, 0.4) is 0 Å². The van der Waals surface area contributed by atoms with Gasteiger partial charge in [0, 0.05) is 18.7 Å². The Bertz CT molecular complexity index is 369. The van der Waals surface area contributed by atoms with Gasteiger partial charge >= 0.3 is 0 Å². The number of halogens is 1. The highest BCUT2D eigenvalue weighted by Crippen LogP contribution is 2.39. The quantitative estimate of drug-likeness (QED) is 0.685. The molecule has 2 fully saturated rings. The first-order chi connectivity index (χ1) is 7.34. The van der Waals surface area contributed by atoms with E-state index in [2.05, 4.69) is 14.9 Å². The molecule has 15 heavy (non-hydrogen) atoms. The molecule has 0 amide bonds. The van der Waals surface area contributed by atoms with Crippen molar-refractivity contribution >= 4 is 17.4 Å². The SMILES string of the molecule is Clc1cc(N2CCC3CCCC32)ncn1. The van der Waals surface area contributed by atoms with Gasteiger partial charge in [0.15, 0.2) is 0 Å². The summed E-state index contributed by atoms with van der Waals surface area (Å²) in [5.74, 6) is 1.89. The molecule has 2 atom stereocenters. The summed E-state index contributed by atoms with van der Waals surface area (Å²) in [4.78, 5) is 10.6. The molecule has 3 nitrogen and oxygen atoms in total. The lowest BCUT2D eigenvalue weighted by molar-refractivity contribution is 0.540. The van der Waals surface area contributed by atoms with E-state index in [1.807, 2.05) is 6.07 Å². The number of nitrogens with zero attached hydrogens (tertiary/aromatic N) is 3. The maximum Gasteiger partial charge on any atom is 0.134 e. The summed E-state index contributed by atoms with van der Waals surface area (Å²) in [6, 6.07) is 2.58. The van der Waals surface area contributed by atoms with Crippen molar-refractivity contribution in [1.82, 2.24) is 9.97 Å². The Morgan fingerprint density at radius 1 is 1.27 bits per heavy atom. The maximum absolute atomic E-state index is 5.89. The molecule has 2 aliphatic rings. The molecule has 0 bridgehead atoms. The van der Waals surface area contributed by atoms with Gasteiger partial charge in [0.25, 0.3) is 0 Å². The lowest BCUT2D eigenvalue weighted by atomic mass is 10.1. The molecule has 1 saturated carbocycles. The van der Waals surface area contributed by atoms with Gasteiger partial charge in [-0.05, 0) is 25.2 Å². The highest BCUT2D eigenvalue weighted by Gasteiger charge is 2.37. The summed E-state index contributed by atoms with van der Waals surface area (Å²) in [6.07, 6.45) is 6.93. The molecule has 0 radical (unpaired) electrons. The molecule has 3 rings (SSSR count). The predicted octanol–water partition coefficient (Wildman–Crippen LogP) is 2.51. The van der Waals surface area contributed by atoms with Crippen LogP contribution in [0, 0.1) is 5.92 Å². The molecule has 1 aromatic rings. The van der Waals surface area contributed by atoms with Crippen molar-refractivity contribution in [1.29, 1.82) is 0 Å². The van der Waals surface area contributed by atoms with E-state index in [1.54, 1.807) is 6.33 Å². The van der Waals surface area contributed by atoms with Crippen LogP contribution in [0.1, 0.15) is 25.7 Å². The largest absolute Gasteiger partial charge is 0.353 e. The van der Waals surface area contributed by atoms with Crippen molar-refractivity contribution in [2.75, 3.05) is 11.4 Å². The number of hydrogen-bond acceptors (Lipinski definition) is 3. The number of hydrogen-bond donors (Lipinski definition) is 0. The predicted molar refractivity (Wildman–Crippen MR) is 60.1 cm³/mol. The molecule has 1 aliphatic heterocycles. The highest BCUT2D eigenvalue weighted by molar-refractivity contribution is 6.29. The number of anilines is 1. The van der Waals surface area contributed by atoms with Gasteiger partial charge in [0.05, 0.1) is 0 Å². The lowest BCUT2D eigenvalue weighted by Crippen LogP contribution is -2.30. The van der Waals surface area contributed by atoms with Crippen molar-refractivity contribution in [3.63, 3.8) is 0 Å². The Morgan fingerprint density at radius 2 is 2.20 bits per heavy atom. The molecule has 0 aromatic carbocycles. The van der Waals surface area contributed by atoms with Gasteiger partial charge in [0.1, 0.15) is 17.3 Å². The second kappa shape index (κ2) is 3.63. The molecule has 80 valence electrons. The first-order valence-electron chi connectivity index (χ1n) is 5.59. The molecule has 2 unspecified atom stereocenters. The zero-order chi connectivity index (χ0) is 10.3. The first-order valence-corrected chi connectivity index (χ1v) is 5.96. The van der Waals surface area contributed by atoms with Gasteiger partial charge in [0.2, 0.25) is 0 Å². The Kier molecular flexibility index (Phi) is 2.28. The van der Waals surface area contributed by atoms with Crippen LogP contribution in [0.2, 0.25) is 5.15 Å². The number of fused-ring (bicyclic) bond motifs is 1. The molecule has 0 spiro atoms. The van der Waals surface area contributed by atoms with E-state index in [0.29, 0.717) is 11.2 Å². The summed E-state index contributed by atoms with van der Waals surface area (Å²) in [6.45, 7) is 1.13. The fourth-order valence-corrected chi connectivity index (χ4v) is 3.14. The van der Waals surface area contributed by atoms with Crippen molar-refractivity contribution in [2.45, 2.75) is 31.7 Å². The lowest BCUT2D eigenvalue weighted by Gasteiger charge is -2.24. The molecule has 2 heterocycles. The zero-order valence-corrected chi connectivity index (χ0v) is 9.32. The average molecular weight is 224 g/mol. The van der Waals surface area contributed by atoms with Crippen molar-refractivity contribution in [3.05, 3.63) is 17.5 Å². The highest BCUT2D eigenvalue weighted by atomic mass is 35.5. The third-order valence-corrected chi connectivity index (χ3v) is 3.88. The van der Waals surface area contributed by atoms with E-state index in [1.165, 1.54) is 25.7 Å². The van der Waals surface area contributed by atoms with Crippen LogP contribution in [0.25, 0.3) is 0 Å². The van der Waals surface area contributed by atoms with E-state index in [4.69, 9.17) is 11.6 Å². The summed E-state index contributed by atoms with van der Waals surface area (Å²) < 4.78 is 0. The van der Waals surface area contributed by atoms with Crippen LogP contribution in [0.5, 0.6) is 0 Å². The van der Waals surface area contributed by atoms with Gasteiger partial charge in [-0.15, -0.1) is 0 Å². The van der Waals surface area contributed by atoms with Crippen LogP contribution in [0.4, 0.5) is 5.82 Å². The Morgan fingerprint density at radius 3 is 3.07 bits per heavy atom. The standard InChI is InChI=1S/C11H14ClN3/c12-10-6-11(14-7-13-10)15-5-4-8-2-1-3-9(8)15/h6-9H,1-5H2. The van der Waals surface area contributed by atoms with Crippen LogP contribution in [0.15, 0.2) is 12.4 Å². The van der Waals surface area contributed by atoms with Gasteiger partial charge in [-0.1, -0.05) is 18.0 Å². The van der Waals surface area contributed by atoms with Crippen molar-refractivity contribution in [3.8, 4) is 0 Å². The van der Waals surface area contributed by atoms with E-state index < -0.39 is 0 Å². The van der Waals surface area contributed by atoms with Crippen molar-refractivity contribution in [2.24, 2.45) is 5.92 Å². The minimum Gasteiger partial charge on any atom is -0.353 e. The molecular weight excluding hydrogens is 210 g/mol. The molecular formula is C11H14ClN3. The normalized spacial score (nSPS) is 29.5. The zero-order valence-electron chi connectivity index (χ0n) is 8.56. The average Bonchev–Trinajstić information content (AvgIpc) is 2.77. The Balaban J connectivity index is 1.88. The molecule has 1 aromatic heterocycles. The first kappa shape index (κ1) is 9.40. The smallest absolute Gasteiger partial charge is 0.134 e. The third kappa shape index (κ3) is 1.59. The molecule has 1 saturated heterocycles. The van der Waals surface area contributed by atoms with E-state index >= 15 is 0 Å². The second-order valence-electron chi connectivity index (χ2n) is 4.44. The van der Waals surface area contributed by atoms with E-state index in [-0.39, 0.29) is 0 Å². The van der Waals surface area contributed by atoms with Crippen LogP contribution in [-0.2, 0) is 0 Å². The summed E-state index contributed by atoms with van der Waals surface area (Å²) in [7, 11) is 0. The summed E-state index contributed by atoms with van der Waals surface area (Å²) in [5, 5.41) is 0.543. The minimum absolute atomic E-state index is 0.543. The van der Waals surface area contributed by atoms with Gasteiger partial charge < -0.3 is 4.90 Å². The van der Waals surface area contributed by atoms with Crippen LogP contribution >= 0.6 is 11.6 Å². The molecule has 1 aliphatic carbocycles. The number of aromatic nitrogens is 2. The third-order valence-electron chi connectivity index (χ3n) is 3.67. The molecule has 4 heteroatoms. The Labute approximate surface area is 94.5 Å². The Hall–Kier alpha value is -0.830. The fourth-order valence-electron chi connectivity index (χ4n) is 3.00. The topological polar surface area (TPSA) is 29.0 Å². The van der Waals surface area contributed by atoms with Crippen LogP contribution < -0.4 is 4.90 Å². The van der Waals surface area contributed by atoms with Gasteiger partial charge in [-0.2, -0.15) is 0 Å². The molecule has 0 N–H and O–H groups in total.